The largest absolute Gasteiger partial charge is 0.507 e. The third kappa shape index (κ3) is 2.06. The molecule has 2 fully saturated rings. The predicted octanol–water partition coefficient (Wildman–Crippen LogP) is 3.08. The zero-order chi connectivity index (χ0) is 17.8. The van der Waals surface area contributed by atoms with Crippen LogP contribution in [-0.4, -0.2) is 28.1 Å². The Labute approximate surface area is 150 Å². The molecule has 2 amide bonds. The minimum absolute atomic E-state index is 0.0747. The molecule has 1 aliphatic heterocycles. The molecule has 0 spiro atoms. The first-order valence-corrected chi connectivity index (χ1v) is 8.96. The van der Waals surface area contributed by atoms with Crippen molar-refractivity contribution in [3.05, 3.63) is 54.1 Å². The predicted molar refractivity (Wildman–Crippen MR) is 97.4 cm³/mol. The molecular weight excluding hydrogens is 328 g/mol. The lowest BCUT2D eigenvalue weighted by Crippen LogP contribution is -2.38. The zero-order valence-electron chi connectivity index (χ0n) is 14.1. The number of hydrogen-bond acceptors (Lipinski definition) is 4. The molecule has 5 nitrogen and oxygen atoms in total. The summed E-state index contributed by atoms with van der Waals surface area (Å²) < 4.78 is 0. The van der Waals surface area contributed by atoms with E-state index in [0.29, 0.717) is 5.56 Å². The first-order valence-electron chi connectivity index (χ1n) is 8.96. The highest BCUT2D eigenvalue weighted by atomic mass is 16.3. The monoisotopic (exact) mass is 346 g/mol. The molecule has 4 atom stereocenters. The lowest BCUT2D eigenvalue weighted by Gasteiger charge is -2.37. The molecule has 0 radical (unpaired) electrons. The molecule has 4 aliphatic rings. The second-order valence-corrected chi connectivity index (χ2v) is 7.29. The molecular formula is C21H18N2O3. The summed E-state index contributed by atoms with van der Waals surface area (Å²) in [6.45, 7) is 0. The molecule has 130 valence electrons. The number of allylic oxidation sites excluding steroid dienone is 2. The van der Waals surface area contributed by atoms with Crippen molar-refractivity contribution in [3.8, 4) is 5.75 Å². The van der Waals surface area contributed by atoms with Crippen LogP contribution in [0.15, 0.2) is 53.7 Å². The molecule has 6 rings (SSSR count). The van der Waals surface area contributed by atoms with E-state index in [1.165, 1.54) is 6.21 Å². The highest BCUT2D eigenvalue weighted by Gasteiger charge is 2.56. The van der Waals surface area contributed by atoms with Gasteiger partial charge in [-0.05, 0) is 41.5 Å². The molecule has 0 aromatic heterocycles. The van der Waals surface area contributed by atoms with Crippen LogP contribution in [0.1, 0.15) is 18.4 Å². The number of imide groups is 1. The lowest BCUT2D eigenvalue weighted by molar-refractivity contribution is -0.140. The van der Waals surface area contributed by atoms with Crippen molar-refractivity contribution >= 4 is 28.8 Å². The molecule has 2 aromatic rings. The van der Waals surface area contributed by atoms with Crippen molar-refractivity contribution in [1.29, 1.82) is 0 Å². The summed E-state index contributed by atoms with van der Waals surface area (Å²) in [6.07, 6.45) is 7.53. The van der Waals surface area contributed by atoms with Crippen LogP contribution in [0, 0.1) is 23.7 Å². The normalized spacial score (nSPS) is 29.9. The van der Waals surface area contributed by atoms with Crippen LogP contribution < -0.4 is 0 Å². The van der Waals surface area contributed by atoms with E-state index in [1.54, 1.807) is 6.07 Å². The van der Waals surface area contributed by atoms with Crippen LogP contribution in [0.4, 0.5) is 0 Å². The molecule has 1 saturated carbocycles. The fourth-order valence-corrected chi connectivity index (χ4v) is 4.71. The van der Waals surface area contributed by atoms with Crippen molar-refractivity contribution in [2.24, 2.45) is 28.8 Å². The number of nitrogens with zero attached hydrogens (tertiary/aromatic N) is 2. The molecule has 1 heterocycles. The number of hydrogen-bond donors (Lipinski definition) is 1. The van der Waals surface area contributed by atoms with Crippen LogP contribution in [0.2, 0.25) is 0 Å². The van der Waals surface area contributed by atoms with Gasteiger partial charge in [0, 0.05) is 5.56 Å². The summed E-state index contributed by atoms with van der Waals surface area (Å²) in [6, 6.07) is 11.0. The average Bonchev–Trinajstić information content (AvgIpc) is 2.95. The van der Waals surface area contributed by atoms with Crippen molar-refractivity contribution in [2.75, 3.05) is 0 Å². The number of fused-ring (bicyclic) bond motifs is 2. The summed E-state index contributed by atoms with van der Waals surface area (Å²) in [5.74, 6) is -0.606. The Morgan fingerprint density at radius 3 is 2.27 bits per heavy atom. The lowest BCUT2D eigenvalue weighted by atomic mass is 9.63. The van der Waals surface area contributed by atoms with E-state index < -0.39 is 0 Å². The highest BCUT2D eigenvalue weighted by molar-refractivity contribution is 6.08. The maximum absolute atomic E-state index is 12.8. The van der Waals surface area contributed by atoms with E-state index in [2.05, 4.69) is 17.3 Å². The summed E-state index contributed by atoms with van der Waals surface area (Å²) in [7, 11) is 0. The third-order valence-corrected chi connectivity index (χ3v) is 5.99. The molecule has 0 unspecified atom stereocenters. The van der Waals surface area contributed by atoms with Gasteiger partial charge < -0.3 is 5.11 Å². The maximum Gasteiger partial charge on any atom is 0.254 e. The number of phenols is 1. The van der Waals surface area contributed by atoms with Gasteiger partial charge in [-0.3, -0.25) is 9.59 Å². The van der Waals surface area contributed by atoms with Crippen molar-refractivity contribution in [2.45, 2.75) is 12.8 Å². The summed E-state index contributed by atoms with van der Waals surface area (Å²) in [4.78, 5) is 25.6. The van der Waals surface area contributed by atoms with Gasteiger partial charge in [-0.15, -0.1) is 0 Å². The molecule has 3 aliphatic carbocycles. The summed E-state index contributed by atoms with van der Waals surface area (Å²) in [5.41, 5.74) is 0.514. The fourth-order valence-electron chi connectivity index (χ4n) is 4.71. The van der Waals surface area contributed by atoms with Crippen LogP contribution >= 0.6 is 0 Å². The Balaban J connectivity index is 1.52. The van der Waals surface area contributed by atoms with Gasteiger partial charge in [-0.25, -0.2) is 0 Å². The number of carbonyl (C=O) groups is 2. The molecule has 1 saturated heterocycles. The minimum Gasteiger partial charge on any atom is -0.507 e. The Kier molecular flexibility index (Phi) is 3.26. The van der Waals surface area contributed by atoms with Crippen molar-refractivity contribution in [1.82, 2.24) is 5.01 Å². The number of amides is 2. The van der Waals surface area contributed by atoms with Gasteiger partial charge in [0.1, 0.15) is 5.75 Å². The van der Waals surface area contributed by atoms with Crippen LogP contribution in [0.3, 0.4) is 0 Å². The Morgan fingerprint density at radius 1 is 0.962 bits per heavy atom. The number of benzene rings is 2. The number of rotatable bonds is 2. The Bertz CT molecular complexity index is 962. The van der Waals surface area contributed by atoms with Gasteiger partial charge in [0.05, 0.1) is 18.1 Å². The molecule has 1 N–H and O–H groups in total. The van der Waals surface area contributed by atoms with Crippen molar-refractivity contribution < 1.29 is 14.7 Å². The van der Waals surface area contributed by atoms with E-state index in [1.807, 2.05) is 30.3 Å². The fraction of sp³-hybridized carbons (Fsp3) is 0.286. The van der Waals surface area contributed by atoms with Crippen LogP contribution in [0.5, 0.6) is 5.75 Å². The third-order valence-electron chi connectivity index (χ3n) is 5.99. The first-order chi connectivity index (χ1) is 12.6. The van der Waals surface area contributed by atoms with Crippen molar-refractivity contribution in [3.63, 3.8) is 0 Å². The number of carbonyl (C=O) groups excluding carboxylic acids is 2. The van der Waals surface area contributed by atoms with Gasteiger partial charge in [0.2, 0.25) is 0 Å². The van der Waals surface area contributed by atoms with Gasteiger partial charge in [0.25, 0.3) is 11.8 Å². The number of phenolic OH excluding ortho intramolecular Hbond substituents is 1. The second-order valence-electron chi connectivity index (χ2n) is 7.29. The molecule has 2 bridgehead atoms. The molecule has 2 aromatic carbocycles. The van der Waals surface area contributed by atoms with E-state index in [-0.39, 0.29) is 41.2 Å². The topological polar surface area (TPSA) is 70.0 Å². The minimum atomic E-state index is -0.274. The Morgan fingerprint density at radius 2 is 1.62 bits per heavy atom. The summed E-state index contributed by atoms with van der Waals surface area (Å²) >= 11 is 0. The quantitative estimate of drug-likeness (QED) is 0.516. The molecule has 5 heteroatoms. The van der Waals surface area contributed by atoms with Gasteiger partial charge in [-0.2, -0.15) is 10.1 Å². The second kappa shape index (κ2) is 5.53. The number of aromatic hydroxyl groups is 1. The maximum atomic E-state index is 12.8. The smallest absolute Gasteiger partial charge is 0.254 e. The SMILES string of the molecule is O=C1[C@@H]2[C@@H](C(=O)N1/N=C\c1c(O)ccc3ccccc13)[C@@H]1C=C[C@@H]2CC1. The van der Waals surface area contributed by atoms with E-state index in [9.17, 15) is 14.7 Å². The van der Waals surface area contributed by atoms with E-state index in [4.69, 9.17) is 0 Å². The van der Waals surface area contributed by atoms with Gasteiger partial charge in [0.15, 0.2) is 0 Å². The zero-order valence-corrected chi connectivity index (χ0v) is 14.1. The number of hydrazone groups is 1. The van der Waals surface area contributed by atoms with Gasteiger partial charge in [-0.1, -0.05) is 42.5 Å². The van der Waals surface area contributed by atoms with E-state index >= 15 is 0 Å². The van der Waals surface area contributed by atoms with Crippen LogP contribution in [0.25, 0.3) is 10.8 Å². The van der Waals surface area contributed by atoms with E-state index in [0.717, 1.165) is 28.6 Å². The highest BCUT2D eigenvalue weighted by Crippen LogP contribution is 2.49. The molecule has 26 heavy (non-hydrogen) atoms. The van der Waals surface area contributed by atoms with Crippen LogP contribution in [-0.2, 0) is 9.59 Å². The Hall–Kier alpha value is -2.95. The average molecular weight is 346 g/mol. The van der Waals surface area contributed by atoms with Gasteiger partial charge >= 0.3 is 0 Å². The standard InChI is InChI=1S/C21H18N2O3/c24-17-10-9-12-3-1-2-4-15(12)16(17)11-22-23-20(25)18-13-5-6-14(8-7-13)19(18)21(23)26/h1-6,9-11,13-14,18-19,24H,7-8H2/b22-11-/t13-,14-,18+,19+/m1/s1. The summed E-state index contributed by atoms with van der Waals surface area (Å²) in [5, 5.41) is 17.2. The first kappa shape index (κ1) is 15.3.